The highest BCUT2D eigenvalue weighted by atomic mass is 32.1. The quantitative estimate of drug-likeness (QED) is 0.883. The number of rotatable bonds is 5. The highest BCUT2D eigenvalue weighted by Crippen LogP contribution is 2.29. The summed E-state index contributed by atoms with van der Waals surface area (Å²) in [6.45, 7) is 4.22. The van der Waals surface area contributed by atoms with Gasteiger partial charge in [0.15, 0.2) is 0 Å². The molecule has 0 saturated heterocycles. The Labute approximate surface area is 106 Å². The van der Waals surface area contributed by atoms with E-state index in [1.54, 1.807) is 11.3 Å². The largest absolute Gasteiger partial charge is 0.325 e. The van der Waals surface area contributed by atoms with Crippen molar-refractivity contribution in [2.75, 3.05) is 0 Å². The Morgan fingerprint density at radius 3 is 2.94 bits per heavy atom. The van der Waals surface area contributed by atoms with Crippen molar-refractivity contribution in [3.8, 4) is 0 Å². The van der Waals surface area contributed by atoms with Gasteiger partial charge in [0.2, 0.25) is 0 Å². The van der Waals surface area contributed by atoms with Crippen LogP contribution >= 0.6 is 11.3 Å². The van der Waals surface area contributed by atoms with E-state index in [0.717, 1.165) is 18.5 Å². The molecule has 0 amide bonds. The van der Waals surface area contributed by atoms with Gasteiger partial charge in [-0.2, -0.15) is 0 Å². The predicted octanol–water partition coefficient (Wildman–Crippen LogP) is 3.35. The van der Waals surface area contributed by atoms with E-state index in [0.29, 0.717) is 6.04 Å². The molecule has 2 aromatic heterocycles. The van der Waals surface area contributed by atoms with E-state index in [2.05, 4.69) is 34.0 Å². The Bertz CT molecular complexity index is 445. The van der Waals surface area contributed by atoms with Gasteiger partial charge in [0.25, 0.3) is 0 Å². The van der Waals surface area contributed by atoms with Crippen molar-refractivity contribution >= 4 is 11.3 Å². The highest BCUT2D eigenvalue weighted by molar-refractivity contribution is 7.10. The fourth-order valence-electron chi connectivity index (χ4n) is 2.10. The number of hydrogen-bond donors (Lipinski definition) is 1. The summed E-state index contributed by atoms with van der Waals surface area (Å²) in [5.74, 6) is 0. The number of hydrogen-bond acceptors (Lipinski definition) is 3. The van der Waals surface area contributed by atoms with Crippen LogP contribution in [0.3, 0.4) is 0 Å². The summed E-state index contributed by atoms with van der Waals surface area (Å²) in [7, 11) is 0. The van der Waals surface area contributed by atoms with Crippen molar-refractivity contribution < 1.29 is 0 Å². The maximum atomic E-state index is 5.99. The topological polar surface area (TPSA) is 43.8 Å². The molecule has 92 valence electrons. The third kappa shape index (κ3) is 2.58. The van der Waals surface area contributed by atoms with Gasteiger partial charge in [-0.15, -0.1) is 11.3 Å². The van der Waals surface area contributed by atoms with Crippen LogP contribution in [0.15, 0.2) is 30.0 Å². The fourth-order valence-corrected chi connectivity index (χ4v) is 2.96. The van der Waals surface area contributed by atoms with Gasteiger partial charge < -0.3 is 10.3 Å². The average molecular weight is 249 g/mol. The first-order valence-corrected chi connectivity index (χ1v) is 6.92. The van der Waals surface area contributed by atoms with Crippen molar-refractivity contribution in [1.29, 1.82) is 0 Å². The molecule has 0 spiro atoms. The molecule has 2 heterocycles. The summed E-state index contributed by atoms with van der Waals surface area (Å²) in [4.78, 5) is 5.63. The van der Waals surface area contributed by atoms with Crippen LogP contribution in [-0.4, -0.2) is 9.55 Å². The Morgan fingerprint density at radius 2 is 2.35 bits per heavy atom. The fraction of sp³-hybridized carbons (Fsp3) is 0.462. The first-order chi connectivity index (χ1) is 8.24. The van der Waals surface area contributed by atoms with Gasteiger partial charge in [0, 0.05) is 17.1 Å². The first-order valence-electron chi connectivity index (χ1n) is 6.04. The average Bonchev–Trinajstić information content (AvgIpc) is 2.96. The maximum Gasteiger partial charge on any atom is 0.0954 e. The Morgan fingerprint density at radius 1 is 1.53 bits per heavy atom. The molecule has 2 aromatic rings. The molecule has 0 aliphatic carbocycles. The summed E-state index contributed by atoms with van der Waals surface area (Å²) >= 11 is 1.80. The number of aromatic nitrogens is 2. The molecule has 0 bridgehead atoms. The van der Waals surface area contributed by atoms with E-state index >= 15 is 0 Å². The molecule has 0 aliphatic rings. The molecule has 2 atom stereocenters. The summed E-state index contributed by atoms with van der Waals surface area (Å²) in [5, 5.41) is 2.13. The molecule has 2 N–H and O–H groups in total. The van der Waals surface area contributed by atoms with E-state index in [9.17, 15) is 0 Å². The zero-order valence-corrected chi connectivity index (χ0v) is 11.2. The number of nitrogens with zero attached hydrogens (tertiary/aromatic N) is 2. The van der Waals surface area contributed by atoms with Crippen LogP contribution in [0.25, 0.3) is 0 Å². The molecule has 0 aromatic carbocycles. The first kappa shape index (κ1) is 12.3. The summed E-state index contributed by atoms with van der Waals surface area (Å²) in [5.41, 5.74) is 7.10. The lowest BCUT2D eigenvalue weighted by molar-refractivity contribution is 0.511. The van der Waals surface area contributed by atoms with Crippen LogP contribution < -0.4 is 5.73 Å². The molecule has 2 rings (SSSR count). The molecule has 0 aliphatic heterocycles. The lowest BCUT2D eigenvalue weighted by Crippen LogP contribution is -2.16. The molecular weight excluding hydrogens is 230 g/mol. The minimum Gasteiger partial charge on any atom is -0.325 e. The van der Waals surface area contributed by atoms with Crippen molar-refractivity contribution in [3.05, 3.63) is 40.6 Å². The molecule has 17 heavy (non-hydrogen) atoms. The minimum atomic E-state index is 0.0248. The van der Waals surface area contributed by atoms with Crippen molar-refractivity contribution in [2.24, 2.45) is 5.73 Å². The number of nitrogens with two attached hydrogens (primary N) is 1. The second-order valence-corrected chi connectivity index (χ2v) is 5.31. The monoisotopic (exact) mass is 249 g/mol. The summed E-state index contributed by atoms with van der Waals surface area (Å²) in [6, 6.07) is 4.70. The van der Waals surface area contributed by atoms with Gasteiger partial charge in [0.1, 0.15) is 0 Å². The molecule has 0 saturated carbocycles. The van der Waals surface area contributed by atoms with Gasteiger partial charge in [-0.3, -0.25) is 0 Å². The van der Waals surface area contributed by atoms with E-state index in [-0.39, 0.29) is 6.04 Å². The van der Waals surface area contributed by atoms with E-state index in [1.807, 2.05) is 19.4 Å². The third-order valence-electron chi connectivity index (χ3n) is 2.93. The highest BCUT2D eigenvalue weighted by Gasteiger charge is 2.18. The molecule has 1 unspecified atom stereocenters. The van der Waals surface area contributed by atoms with Crippen molar-refractivity contribution in [1.82, 2.24) is 9.55 Å². The van der Waals surface area contributed by atoms with Gasteiger partial charge >= 0.3 is 0 Å². The molecule has 0 radical (unpaired) electrons. The lowest BCUT2D eigenvalue weighted by Gasteiger charge is -2.20. The minimum absolute atomic E-state index is 0.0248. The normalized spacial score (nSPS) is 14.8. The van der Waals surface area contributed by atoms with E-state index in [4.69, 9.17) is 5.73 Å². The van der Waals surface area contributed by atoms with Crippen molar-refractivity contribution in [2.45, 2.75) is 38.8 Å². The van der Waals surface area contributed by atoms with Crippen LogP contribution in [0.1, 0.15) is 49.3 Å². The van der Waals surface area contributed by atoms with Crippen LogP contribution in [0.4, 0.5) is 0 Å². The SMILES string of the molecule is CCCC(c1cccs1)n1cncc1[C@H](C)N. The van der Waals surface area contributed by atoms with Crippen molar-refractivity contribution in [3.63, 3.8) is 0 Å². The molecule has 4 heteroatoms. The summed E-state index contributed by atoms with van der Waals surface area (Å²) in [6.07, 6.45) is 6.05. The van der Waals surface area contributed by atoms with Gasteiger partial charge in [-0.05, 0) is 24.8 Å². The van der Waals surface area contributed by atoms with E-state index in [1.165, 1.54) is 4.88 Å². The van der Waals surface area contributed by atoms with Gasteiger partial charge in [-0.1, -0.05) is 19.4 Å². The van der Waals surface area contributed by atoms with Crippen LogP contribution in [0.2, 0.25) is 0 Å². The van der Waals surface area contributed by atoms with Crippen LogP contribution in [0.5, 0.6) is 0 Å². The second-order valence-electron chi connectivity index (χ2n) is 4.33. The molecular formula is C13H19N3S. The Hall–Kier alpha value is -1.13. The second kappa shape index (κ2) is 5.47. The molecule has 3 nitrogen and oxygen atoms in total. The zero-order valence-electron chi connectivity index (χ0n) is 10.3. The van der Waals surface area contributed by atoms with Gasteiger partial charge in [-0.25, -0.2) is 4.98 Å². The number of imidazole rings is 1. The van der Waals surface area contributed by atoms with E-state index < -0.39 is 0 Å². The Kier molecular flexibility index (Phi) is 3.97. The number of thiophene rings is 1. The standard InChI is InChI=1S/C13H19N3S/c1-3-5-11(13-6-4-7-17-13)16-9-15-8-12(16)10(2)14/h4,6-11H,3,5,14H2,1-2H3/t10-,11?/m0/s1. The Balaban J connectivity index is 2.36. The third-order valence-corrected chi connectivity index (χ3v) is 3.91. The van der Waals surface area contributed by atoms with Gasteiger partial charge in [0.05, 0.1) is 18.1 Å². The smallest absolute Gasteiger partial charge is 0.0954 e. The zero-order chi connectivity index (χ0) is 12.3. The summed E-state index contributed by atoms with van der Waals surface area (Å²) < 4.78 is 2.22. The predicted molar refractivity (Wildman–Crippen MR) is 72.2 cm³/mol. The lowest BCUT2D eigenvalue weighted by atomic mass is 10.1. The maximum absolute atomic E-state index is 5.99. The van der Waals surface area contributed by atoms with Crippen LogP contribution in [-0.2, 0) is 0 Å². The van der Waals surface area contributed by atoms with Crippen LogP contribution in [0, 0.1) is 0 Å². The molecule has 0 fully saturated rings.